The Morgan fingerprint density at radius 2 is 1.93 bits per heavy atom. The molecule has 0 bridgehead atoms. The molecule has 0 spiro atoms. The molecule has 2 N–H and O–H groups in total. The second-order valence-corrected chi connectivity index (χ2v) is 4.01. The van der Waals surface area contributed by atoms with E-state index in [1.807, 2.05) is 6.92 Å². The van der Waals surface area contributed by atoms with Gasteiger partial charge < -0.3 is 10.6 Å². The molecule has 0 aromatic heterocycles. The van der Waals surface area contributed by atoms with Crippen LogP contribution in [0.3, 0.4) is 0 Å². The van der Waals surface area contributed by atoms with Crippen LogP contribution < -0.4 is 10.6 Å². The molecule has 0 unspecified atom stereocenters. The number of halogens is 2. The molecule has 1 rings (SSSR count). The van der Waals surface area contributed by atoms with Gasteiger partial charge in [-0.15, -0.1) is 0 Å². The van der Waals surface area contributed by atoms with E-state index in [1.54, 1.807) is 19.2 Å². The smallest absolute Gasteiger partial charge is 0.170 e. The fourth-order valence-electron chi connectivity index (χ4n) is 0.927. The van der Waals surface area contributed by atoms with Crippen LogP contribution in [0.25, 0.3) is 0 Å². The Bertz CT molecular complexity index is 366. The van der Waals surface area contributed by atoms with Crippen LogP contribution in [0.1, 0.15) is 5.56 Å². The Morgan fingerprint density at radius 1 is 1.29 bits per heavy atom. The number of nitrogens with one attached hydrogen (secondary N) is 2. The monoisotopic (exact) mass is 248 g/mol. The molecule has 14 heavy (non-hydrogen) atoms. The predicted molar refractivity (Wildman–Crippen MR) is 66.5 cm³/mol. The van der Waals surface area contributed by atoms with E-state index in [-0.39, 0.29) is 0 Å². The SMILES string of the molecule is CNC(=S)Nc1cc(Cl)c(C)cc1Cl. The van der Waals surface area contributed by atoms with Gasteiger partial charge in [0.15, 0.2) is 5.11 Å². The number of benzene rings is 1. The van der Waals surface area contributed by atoms with E-state index in [4.69, 9.17) is 35.4 Å². The van der Waals surface area contributed by atoms with Crippen molar-refractivity contribution in [2.75, 3.05) is 12.4 Å². The molecule has 2 nitrogen and oxygen atoms in total. The van der Waals surface area contributed by atoms with Gasteiger partial charge >= 0.3 is 0 Å². The summed E-state index contributed by atoms with van der Waals surface area (Å²) >= 11 is 16.9. The van der Waals surface area contributed by atoms with Crippen molar-refractivity contribution in [2.45, 2.75) is 6.92 Å². The van der Waals surface area contributed by atoms with Gasteiger partial charge in [-0.2, -0.15) is 0 Å². The molecule has 0 saturated carbocycles. The summed E-state index contributed by atoms with van der Waals surface area (Å²) < 4.78 is 0. The van der Waals surface area contributed by atoms with E-state index < -0.39 is 0 Å². The minimum atomic E-state index is 0.506. The van der Waals surface area contributed by atoms with Crippen molar-refractivity contribution in [3.05, 3.63) is 27.7 Å². The number of hydrogen-bond acceptors (Lipinski definition) is 1. The molecule has 0 heterocycles. The standard InChI is InChI=1S/C9H10Cl2N2S/c1-5-3-7(11)8(4-6(5)10)13-9(14)12-2/h3-4H,1-2H3,(H2,12,13,14). The van der Waals surface area contributed by atoms with Crippen LogP contribution >= 0.6 is 35.4 Å². The lowest BCUT2D eigenvalue weighted by Gasteiger charge is -2.10. The van der Waals surface area contributed by atoms with Gasteiger partial charge in [-0.3, -0.25) is 0 Å². The minimum absolute atomic E-state index is 0.506. The van der Waals surface area contributed by atoms with Crippen LogP contribution in [0.15, 0.2) is 12.1 Å². The third-order valence-corrected chi connectivity index (χ3v) is 2.75. The van der Waals surface area contributed by atoms with E-state index in [2.05, 4.69) is 10.6 Å². The van der Waals surface area contributed by atoms with Crippen LogP contribution in [0.4, 0.5) is 5.69 Å². The largest absolute Gasteiger partial charge is 0.366 e. The number of hydrogen-bond donors (Lipinski definition) is 2. The molecule has 0 saturated heterocycles. The van der Waals surface area contributed by atoms with Crippen molar-refractivity contribution < 1.29 is 0 Å². The van der Waals surface area contributed by atoms with Crippen molar-refractivity contribution >= 4 is 46.2 Å². The number of rotatable bonds is 1. The zero-order valence-electron chi connectivity index (χ0n) is 7.82. The average molecular weight is 249 g/mol. The van der Waals surface area contributed by atoms with Gasteiger partial charge in [0, 0.05) is 12.1 Å². The molecule has 1 aromatic rings. The molecular formula is C9H10Cl2N2S. The quantitative estimate of drug-likeness (QED) is 0.747. The summed E-state index contributed by atoms with van der Waals surface area (Å²) in [4.78, 5) is 0. The highest BCUT2D eigenvalue weighted by Crippen LogP contribution is 2.28. The number of thiocarbonyl (C=S) groups is 1. The first kappa shape index (κ1) is 11.6. The highest BCUT2D eigenvalue weighted by Gasteiger charge is 2.05. The summed E-state index contributed by atoms with van der Waals surface area (Å²) in [6.45, 7) is 1.90. The average Bonchev–Trinajstić information content (AvgIpc) is 2.14. The van der Waals surface area contributed by atoms with Crippen molar-refractivity contribution in [1.29, 1.82) is 0 Å². The molecule has 0 atom stereocenters. The van der Waals surface area contributed by atoms with E-state index in [0.29, 0.717) is 20.8 Å². The minimum Gasteiger partial charge on any atom is -0.366 e. The topological polar surface area (TPSA) is 24.1 Å². The maximum absolute atomic E-state index is 5.99. The Kier molecular flexibility index (Phi) is 3.98. The summed E-state index contributed by atoms with van der Waals surface area (Å²) in [5, 5.41) is 7.50. The van der Waals surface area contributed by atoms with Crippen molar-refractivity contribution in [3.8, 4) is 0 Å². The first-order valence-electron chi connectivity index (χ1n) is 3.99. The van der Waals surface area contributed by atoms with Crippen LogP contribution in [-0.4, -0.2) is 12.2 Å². The number of anilines is 1. The summed E-state index contributed by atoms with van der Waals surface area (Å²) in [5.74, 6) is 0. The van der Waals surface area contributed by atoms with Crippen molar-refractivity contribution in [1.82, 2.24) is 5.32 Å². The third-order valence-electron chi connectivity index (χ3n) is 1.72. The number of aryl methyl sites for hydroxylation is 1. The van der Waals surface area contributed by atoms with E-state index in [9.17, 15) is 0 Å². The van der Waals surface area contributed by atoms with Gasteiger partial charge in [-0.1, -0.05) is 23.2 Å². The van der Waals surface area contributed by atoms with Gasteiger partial charge in [0.25, 0.3) is 0 Å². The Labute approximate surface area is 98.6 Å². The molecule has 1 aromatic carbocycles. The van der Waals surface area contributed by atoms with Crippen LogP contribution in [0.5, 0.6) is 0 Å². The zero-order valence-corrected chi connectivity index (χ0v) is 10.1. The van der Waals surface area contributed by atoms with E-state index in [0.717, 1.165) is 5.56 Å². The maximum atomic E-state index is 5.99. The van der Waals surface area contributed by atoms with Crippen LogP contribution in [0, 0.1) is 6.92 Å². The van der Waals surface area contributed by atoms with E-state index >= 15 is 0 Å². The fourth-order valence-corrected chi connectivity index (χ4v) is 1.47. The lowest BCUT2D eigenvalue weighted by atomic mass is 10.2. The zero-order chi connectivity index (χ0) is 10.7. The van der Waals surface area contributed by atoms with Gasteiger partial charge in [-0.05, 0) is 36.8 Å². The molecule has 0 amide bonds. The van der Waals surface area contributed by atoms with Crippen molar-refractivity contribution in [2.24, 2.45) is 0 Å². The molecule has 76 valence electrons. The Hall–Kier alpha value is -0.510. The summed E-state index contributed by atoms with van der Waals surface area (Å²) in [6, 6.07) is 3.55. The van der Waals surface area contributed by atoms with E-state index in [1.165, 1.54) is 0 Å². The van der Waals surface area contributed by atoms with Crippen LogP contribution in [0.2, 0.25) is 10.0 Å². The molecule has 0 aliphatic rings. The second-order valence-electron chi connectivity index (χ2n) is 2.79. The lowest BCUT2D eigenvalue weighted by molar-refractivity contribution is 1.20. The Morgan fingerprint density at radius 3 is 2.50 bits per heavy atom. The van der Waals surface area contributed by atoms with Gasteiger partial charge in [0.1, 0.15) is 0 Å². The molecule has 5 heteroatoms. The fraction of sp³-hybridized carbons (Fsp3) is 0.222. The molecule has 0 aliphatic carbocycles. The third kappa shape index (κ3) is 2.74. The maximum Gasteiger partial charge on any atom is 0.170 e. The summed E-state index contributed by atoms with van der Waals surface area (Å²) in [5.41, 5.74) is 1.65. The molecular weight excluding hydrogens is 239 g/mol. The first-order chi connectivity index (χ1) is 6.54. The molecule has 0 aliphatic heterocycles. The highest BCUT2D eigenvalue weighted by molar-refractivity contribution is 7.80. The second kappa shape index (κ2) is 4.82. The first-order valence-corrected chi connectivity index (χ1v) is 5.15. The highest BCUT2D eigenvalue weighted by atomic mass is 35.5. The predicted octanol–water partition coefficient (Wildman–Crippen LogP) is 3.22. The van der Waals surface area contributed by atoms with Gasteiger partial charge in [-0.25, -0.2) is 0 Å². The normalized spacial score (nSPS) is 9.71. The van der Waals surface area contributed by atoms with Crippen LogP contribution in [-0.2, 0) is 0 Å². The van der Waals surface area contributed by atoms with Gasteiger partial charge in [0.05, 0.1) is 10.7 Å². The lowest BCUT2D eigenvalue weighted by Crippen LogP contribution is -2.24. The molecule has 0 fully saturated rings. The Balaban J connectivity index is 2.98. The molecule has 0 radical (unpaired) electrons. The summed E-state index contributed by atoms with van der Waals surface area (Å²) in [6.07, 6.45) is 0. The van der Waals surface area contributed by atoms with Gasteiger partial charge in [0.2, 0.25) is 0 Å². The summed E-state index contributed by atoms with van der Waals surface area (Å²) in [7, 11) is 1.74. The van der Waals surface area contributed by atoms with Crippen molar-refractivity contribution in [3.63, 3.8) is 0 Å².